The van der Waals surface area contributed by atoms with E-state index < -0.39 is 0 Å². The second kappa shape index (κ2) is 2.69. The van der Waals surface area contributed by atoms with Crippen LogP contribution in [0.1, 0.15) is 13.8 Å². The fourth-order valence-electron chi connectivity index (χ4n) is 3.03. The minimum absolute atomic E-state index is 0.600. The van der Waals surface area contributed by atoms with E-state index in [4.69, 9.17) is 4.74 Å². The normalized spacial score (nSPS) is 36.9. The molecule has 2 nitrogen and oxygen atoms in total. The van der Waals surface area contributed by atoms with Gasteiger partial charge < -0.3 is 9.64 Å². The molecule has 1 aliphatic carbocycles. The third-order valence-electron chi connectivity index (χ3n) is 4.31. The highest BCUT2D eigenvalue weighted by Gasteiger charge is 2.69. The molecule has 15 heavy (non-hydrogen) atoms. The summed E-state index contributed by atoms with van der Waals surface area (Å²) >= 11 is 0. The molecule has 2 fully saturated rings. The van der Waals surface area contributed by atoms with Gasteiger partial charge in [0.25, 0.3) is 0 Å². The highest BCUT2D eigenvalue weighted by molar-refractivity contribution is 5.59. The molecule has 1 saturated carbocycles. The molecule has 0 N–H and O–H groups in total. The summed E-state index contributed by atoms with van der Waals surface area (Å²) in [6, 6.07) is 9.14. The summed E-state index contributed by atoms with van der Waals surface area (Å²) in [5.74, 6) is 1.80. The topological polar surface area (TPSA) is 12.5 Å². The fourth-order valence-corrected chi connectivity index (χ4v) is 3.03. The molecule has 1 saturated heterocycles. The van der Waals surface area contributed by atoms with E-state index in [9.17, 15) is 0 Å². The van der Waals surface area contributed by atoms with E-state index in [0.717, 1.165) is 17.7 Å². The number of anilines is 1. The summed E-state index contributed by atoms with van der Waals surface area (Å²) in [5, 5.41) is 0. The Kier molecular flexibility index (Phi) is 1.63. The Balaban J connectivity index is 1.84. The van der Waals surface area contributed by atoms with Crippen molar-refractivity contribution in [2.45, 2.75) is 19.9 Å². The number of rotatable bonds is 2. The standard InChI is InChI=1S/C13H17NO/c1-9-12-13(9,2)8-14(12)10-5-4-6-11(7-10)15-3/h4-7,9,12H,8H2,1-3H3/t9-,12-,13+/m1/s1. The van der Waals surface area contributed by atoms with Crippen LogP contribution in [0.15, 0.2) is 24.3 Å². The Morgan fingerprint density at radius 2 is 2.27 bits per heavy atom. The lowest BCUT2D eigenvalue weighted by molar-refractivity contribution is 0.407. The molecule has 0 aromatic heterocycles. The van der Waals surface area contributed by atoms with Crippen LogP contribution in [0.3, 0.4) is 0 Å². The van der Waals surface area contributed by atoms with Crippen molar-refractivity contribution in [2.75, 3.05) is 18.6 Å². The zero-order valence-electron chi connectivity index (χ0n) is 9.53. The maximum absolute atomic E-state index is 5.25. The van der Waals surface area contributed by atoms with E-state index in [-0.39, 0.29) is 0 Å². The van der Waals surface area contributed by atoms with Crippen molar-refractivity contribution >= 4 is 5.69 Å². The fraction of sp³-hybridized carbons (Fsp3) is 0.538. The van der Waals surface area contributed by atoms with E-state index in [0.29, 0.717) is 5.41 Å². The van der Waals surface area contributed by atoms with Crippen molar-refractivity contribution < 1.29 is 4.74 Å². The molecule has 0 radical (unpaired) electrons. The van der Waals surface area contributed by atoms with Gasteiger partial charge in [0.2, 0.25) is 0 Å². The van der Waals surface area contributed by atoms with Gasteiger partial charge in [0.1, 0.15) is 5.75 Å². The van der Waals surface area contributed by atoms with Gasteiger partial charge in [-0.1, -0.05) is 19.9 Å². The van der Waals surface area contributed by atoms with Crippen molar-refractivity contribution in [1.29, 1.82) is 0 Å². The summed E-state index contributed by atoms with van der Waals surface area (Å²) in [6.45, 7) is 5.94. The summed E-state index contributed by atoms with van der Waals surface area (Å²) < 4.78 is 5.25. The second-order valence-corrected chi connectivity index (χ2v) is 5.07. The molecule has 1 aliphatic heterocycles. The van der Waals surface area contributed by atoms with Crippen molar-refractivity contribution in [1.82, 2.24) is 0 Å². The number of methoxy groups -OCH3 is 1. The SMILES string of the molecule is COc1cccc(N2C[C@@]3(C)[C@H](C)[C@@H]23)c1. The van der Waals surface area contributed by atoms with Crippen molar-refractivity contribution in [3.8, 4) is 5.75 Å². The molecule has 0 unspecified atom stereocenters. The number of nitrogens with zero attached hydrogens (tertiary/aromatic N) is 1. The number of benzene rings is 1. The zero-order valence-corrected chi connectivity index (χ0v) is 9.53. The lowest BCUT2D eigenvalue weighted by Crippen LogP contribution is -2.45. The van der Waals surface area contributed by atoms with Gasteiger partial charge in [0.15, 0.2) is 0 Å². The maximum Gasteiger partial charge on any atom is 0.120 e. The van der Waals surface area contributed by atoms with Crippen LogP contribution in [-0.2, 0) is 0 Å². The van der Waals surface area contributed by atoms with Crippen LogP contribution in [-0.4, -0.2) is 19.7 Å². The highest BCUT2D eigenvalue weighted by atomic mass is 16.5. The molecule has 3 rings (SSSR count). The number of hydrogen-bond acceptors (Lipinski definition) is 2. The van der Waals surface area contributed by atoms with E-state index in [1.807, 2.05) is 6.07 Å². The van der Waals surface area contributed by atoms with Gasteiger partial charge in [-0.2, -0.15) is 0 Å². The third kappa shape index (κ3) is 1.05. The molecule has 3 atom stereocenters. The summed E-state index contributed by atoms with van der Waals surface area (Å²) in [7, 11) is 1.72. The average Bonchev–Trinajstić information content (AvgIpc) is 2.64. The minimum atomic E-state index is 0.600. The minimum Gasteiger partial charge on any atom is -0.497 e. The Morgan fingerprint density at radius 1 is 1.47 bits per heavy atom. The monoisotopic (exact) mass is 203 g/mol. The summed E-state index contributed by atoms with van der Waals surface area (Å²) in [4.78, 5) is 2.49. The molecule has 1 aromatic rings. The van der Waals surface area contributed by atoms with Crippen LogP contribution < -0.4 is 9.64 Å². The smallest absolute Gasteiger partial charge is 0.120 e. The lowest BCUT2D eigenvalue weighted by atomic mass is 9.99. The summed E-state index contributed by atoms with van der Waals surface area (Å²) in [6.07, 6.45) is 0. The Bertz CT molecular complexity index is 403. The lowest BCUT2D eigenvalue weighted by Gasteiger charge is -2.38. The number of hydrogen-bond donors (Lipinski definition) is 0. The Labute approximate surface area is 90.8 Å². The first-order valence-electron chi connectivity index (χ1n) is 5.57. The van der Waals surface area contributed by atoms with Crippen LogP contribution in [0, 0.1) is 11.3 Å². The number of ether oxygens (including phenoxy) is 1. The number of fused-ring (bicyclic) bond motifs is 1. The summed E-state index contributed by atoms with van der Waals surface area (Å²) in [5.41, 5.74) is 1.91. The molecule has 0 spiro atoms. The molecular weight excluding hydrogens is 186 g/mol. The van der Waals surface area contributed by atoms with Crippen molar-refractivity contribution in [2.24, 2.45) is 11.3 Å². The average molecular weight is 203 g/mol. The van der Waals surface area contributed by atoms with Gasteiger partial charge >= 0.3 is 0 Å². The maximum atomic E-state index is 5.25. The first kappa shape index (κ1) is 9.08. The van der Waals surface area contributed by atoms with Crippen LogP contribution in [0.25, 0.3) is 0 Å². The largest absolute Gasteiger partial charge is 0.497 e. The van der Waals surface area contributed by atoms with Crippen LogP contribution >= 0.6 is 0 Å². The van der Waals surface area contributed by atoms with Gasteiger partial charge in [-0.25, -0.2) is 0 Å². The van der Waals surface area contributed by atoms with Gasteiger partial charge in [-0.05, 0) is 18.1 Å². The zero-order chi connectivity index (χ0) is 10.6. The van der Waals surface area contributed by atoms with Crippen molar-refractivity contribution in [3.05, 3.63) is 24.3 Å². The van der Waals surface area contributed by atoms with E-state index in [2.05, 4.69) is 36.9 Å². The molecular formula is C13H17NO. The Hall–Kier alpha value is -1.18. The second-order valence-electron chi connectivity index (χ2n) is 5.07. The van der Waals surface area contributed by atoms with E-state index in [1.54, 1.807) is 7.11 Å². The van der Waals surface area contributed by atoms with Gasteiger partial charge in [-0.15, -0.1) is 0 Å². The molecule has 1 aromatic carbocycles. The quantitative estimate of drug-likeness (QED) is 0.732. The van der Waals surface area contributed by atoms with Crippen LogP contribution in [0.4, 0.5) is 5.69 Å². The third-order valence-corrected chi connectivity index (χ3v) is 4.31. The molecule has 1 heterocycles. The predicted octanol–water partition coefficient (Wildman–Crippen LogP) is 2.54. The molecule has 0 amide bonds. The Morgan fingerprint density at radius 3 is 2.80 bits per heavy atom. The van der Waals surface area contributed by atoms with E-state index >= 15 is 0 Å². The van der Waals surface area contributed by atoms with Gasteiger partial charge in [0, 0.05) is 29.8 Å². The first-order valence-corrected chi connectivity index (χ1v) is 5.57. The predicted molar refractivity (Wildman–Crippen MR) is 61.4 cm³/mol. The molecule has 2 heteroatoms. The molecule has 0 bridgehead atoms. The highest BCUT2D eigenvalue weighted by Crippen LogP contribution is 2.64. The van der Waals surface area contributed by atoms with Crippen LogP contribution in [0.2, 0.25) is 0 Å². The first-order chi connectivity index (χ1) is 7.16. The molecule has 2 aliphatic rings. The van der Waals surface area contributed by atoms with E-state index in [1.165, 1.54) is 12.2 Å². The van der Waals surface area contributed by atoms with Gasteiger partial charge in [-0.3, -0.25) is 0 Å². The van der Waals surface area contributed by atoms with Crippen LogP contribution in [0.5, 0.6) is 5.75 Å². The van der Waals surface area contributed by atoms with Crippen molar-refractivity contribution in [3.63, 3.8) is 0 Å². The molecule has 80 valence electrons. The van der Waals surface area contributed by atoms with Gasteiger partial charge in [0.05, 0.1) is 7.11 Å².